The van der Waals surface area contributed by atoms with Crippen LogP contribution in [-0.4, -0.2) is 43.0 Å². The Balaban J connectivity index is 0.00000243. The lowest BCUT2D eigenvalue weighted by molar-refractivity contribution is 0.0986. The second-order valence-electron chi connectivity index (χ2n) is 5.82. The molecule has 2 aromatic heterocycles. The fourth-order valence-electron chi connectivity index (χ4n) is 2.44. The summed E-state index contributed by atoms with van der Waals surface area (Å²) in [6, 6.07) is 9.50. The molecule has 0 N–H and O–H groups in total. The van der Waals surface area contributed by atoms with Gasteiger partial charge in [-0.15, -0.1) is 23.7 Å². The van der Waals surface area contributed by atoms with E-state index in [1.807, 2.05) is 38.4 Å². The molecule has 1 amide bonds. The Kier molecular flexibility index (Phi) is 7.70. The highest BCUT2D eigenvalue weighted by Crippen LogP contribution is 2.35. The Morgan fingerprint density at radius 2 is 1.88 bits per heavy atom. The smallest absolute Gasteiger partial charge is 0.262 e. The molecular weight excluding hydrogens is 433 g/mol. The summed E-state index contributed by atoms with van der Waals surface area (Å²) in [5, 5.41) is 0.684. The van der Waals surface area contributed by atoms with Crippen LogP contribution in [0, 0.1) is 0 Å². The Bertz CT molecular complexity index is 861. The molecule has 1 aromatic carbocycles. The topological polar surface area (TPSA) is 36.4 Å². The van der Waals surface area contributed by atoms with E-state index in [4.69, 9.17) is 23.2 Å². The Labute approximate surface area is 176 Å². The number of amides is 1. The van der Waals surface area contributed by atoms with Crippen molar-refractivity contribution in [3.05, 3.63) is 44.6 Å². The molecule has 2 heterocycles. The lowest BCUT2D eigenvalue weighted by atomic mass is 10.3. The molecule has 4 nitrogen and oxygen atoms in total. The van der Waals surface area contributed by atoms with Crippen molar-refractivity contribution in [1.82, 2.24) is 9.88 Å². The first kappa shape index (κ1) is 21.4. The summed E-state index contributed by atoms with van der Waals surface area (Å²) in [5.74, 6) is -0.161. The summed E-state index contributed by atoms with van der Waals surface area (Å²) in [6.07, 6.45) is 0.837. The second-order valence-corrected chi connectivity index (χ2v) is 9.11. The maximum absolute atomic E-state index is 13.1. The van der Waals surface area contributed by atoms with E-state index in [0.717, 1.165) is 23.2 Å². The number of nitrogens with zero attached hydrogens (tertiary/aromatic N) is 3. The maximum Gasteiger partial charge on any atom is 0.262 e. The van der Waals surface area contributed by atoms with Crippen LogP contribution in [0.25, 0.3) is 10.2 Å². The zero-order valence-electron chi connectivity index (χ0n) is 14.2. The maximum atomic E-state index is 13.1. The largest absolute Gasteiger partial charge is 0.309 e. The molecular formula is C17H18Cl3N3OS2. The summed E-state index contributed by atoms with van der Waals surface area (Å²) in [7, 11) is 4.03. The van der Waals surface area contributed by atoms with Gasteiger partial charge in [0.2, 0.25) is 0 Å². The van der Waals surface area contributed by atoms with Crippen LogP contribution in [0.4, 0.5) is 5.13 Å². The number of hydrogen-bond donors (Lipinski definition) is 0. The fraction of sp³-hybridized carbons (Fsp3) is 0.294. The number of rotatable bonds is 6. The van der Waals surface area contributed by atoms with Gasteiger partial charge in [0.15, 0.2) is 5.13 Å². The van der Waals surface area contributed by atoms with Gasteiger partial charge >= 0.3 is 0 Å². The predicted molar refractivity (Wildman–Crippen MR) is 116 cm³/mol. The van der Waals surface area contributed by atoms with Gasteiger partial charge in [-0.25, -0.2) is 4.98 Å². The van der Waals surface area contributed by atoms with Crippen LogP contribution in [0.15, 0.2) is 30.3 Å². The van der Waals surface area contributed by atoms with Gasteiger partial charge in [-0.05, 0) is 45.3 Å². The van der Waals surface area contributed by atoms with Gasteiger partial charge in [-0.3, -0.25) is 9.69 Å². The van der Waals surface area contributed by atoms with Crippen LogP contribution < -0.4 is 4.90 Å². The van der Waals surface area contributed by atoms with E-state index >= 15 is 0 Å². The summed E-state index contributed by atoms with van der Waals surface area (Å²) < 4.78 is 1.97. The van der Waals surface area contributed by atoms with Gasteiger partial charge in [-0.1, -0.05) is 46.7 Å². The van der Waals surface area contributed by atoms with Gasteiger partial charge < -0.3 is 4.90 Å². The van der Waals surface area contributed by atoms with Crippen molar-refractivity contribution in [3.63, 3.8) is 0 Å². The second kappa shape index (κ2) is 9.35. The quantitative estimate of drug-likeness (QED) is 0.484. The zero-order chi connectivity index (χ0) is 18.0. The molecule has 26 heavy (non-hydrogen) atoms. The zero-order valence-corrected chi connectivity index (χ0v) is 18.2. The number of fused-ring (bicyclic) bond motifs is 1. The van der Waals surface area contributed by atoms with E-state index in [-0.39, 0.29) is 18.3 Å². The third-order valence-electron chi connectivity index (χ3n) is 3.63. The van der Waals surface area contributed by atoms with Crippen molar-refractivity contribution in [2.24, 2.45) is 0 Å². The third kappa shape index (κ3) is 4.88. The normalized spacial score (nSPS) is 11.0. The SMILES string of the molecule is CN(C)CCCN(C(=O)c1cc(Cl)sc1Cl)c1nc2ccccc2s1.Cl. The molecule has 140 valence electrons. The number of carbonyl (C=O) groups excluding carboxylic acids is 1. The minimum atomic E-state index is -0.161. The van der Waals surface area contributed by atoms with Crippen LogP contribution in [-0.2, 0) is 0 Å². The van der Waals surface area contributed by atoms with Crippen LogP contribution >= 0.6 is 58.3 Å². The van der Waals surface area contributed by atoms with E-state index < -0.39 is 0 Å². The van der Waals surface area contributed by atoms with Crippen LogP contribution in [0.1, 0.15) is 16.8 Å². The first-order chi connectivity index (χ1) is 12.0. The van der Waals surface area contributed by atoms with Crippen LogP contribution in [0.2, 0.25) is 8.67 Å². The number of benzene rings is 1. The average Bonchev–Trinajstić information content (AvgIpc) is 3.13. The average molecular weight is 451 g/mol. The highest BCUT2D eigenvalue weighted by molar-refractivity contribution is 7.22. The first-order valence-electron chi connectivity index (χ1n) is 7.72. The molecule has 0 aliphatic heterocycles. The summed E-state index contributed by atoms with van der Waals surface area (Å²) in [4.78, 5) is 21.5. The van der Waals surface area contributed by atoms with Gasteiger partial charge in [0.25, 0.3) is 5.91 Å². The van der Waals surface area contributed by atoms with Crippen molar-refractivity contribution < 1.29 is 4.79 Å². The van der Waals surface area contributed by atoms with E-state index in [9.17, 15) is 4.79 Å². The van der Waals surface area contributed by atoms with Crippen molar-refractivity contribution in [3.8, 4) is 0 Å². The standard InChI is InChI=1S/C17H17Cl2N3OS2.ClH/c1-21(2)8-5-9-22(16(23)11-10-14(18)25-15(11)19)17-20-12-6-3-4-7-13(12)24-17;/h3-4,6-7,10H,5,8-9H2,1-2H3;1H. The predicted octanol–water partition coefficient (Wildman–Crippen LogP) is 5.68. The van der Waals surface area contributed by atoms with E-state index in [0.29, 0.717) is 25.9 Å². The molecule has 3 aromatic rings. The molecule has 0 fully saturated rings. The molecule has 0 saturated heterocycles. The third-order valence-corrected chi connectivity index (χ3v) is 6.18. The number of thiophene rings is 1. The Morgan fingerprint density at radius 1 is 1.15 bits per heavy atom. The highest BCUT2D eigenvalue weighted by Gasteiger charge is 2.24. The van der Waals surface area contributed by atoms with Gasteiger partial charge in [0.05, 0.1) is 20.1 Å². The van der Waals surface area contributed by atoms with Gasteiger partial charge in [-0.2, -0.15) is 0 Å². The number of para-hydroxylation sites is 1. The number of carbonyl (C=O) groups is 1. The molecule has 0 bridgehead atoms. The molecule has 0 aliphatic carbocycles. The Hall–Kier alpha value is -0.890. The van der Waals surface area contributed by atoms with E-state index in [1.165, 1.54) is 22.7 Å². The number of halogens is 3. The van der Waals surface area contributed by atoms with Crippen molar-refractivity contribution in [2.45, 2.75) is 6.42 Å². The van der Waals surface area contributed by atoms with E-state index in [1.54, 1.807) is 11.0 Å². The molecule has 0 spiro atoms. The fourth-order valence-corrected chi connectivity index (χ4v) is 4.87. The number of thiazole rings is 1. The van der Waals surface area contributed by atoms with Gasteiger partial charge in [0.1, 0.15) is 4.34 Å². The van der Waals surface area contributed by atoms with Crippen LogP contribution in [0.5, 0.6) is 0 Å². The summed E-state index contributed by atoms with van der Waals surface area (Å²) in [5.41, 5.74) is 1.32. The molecule has 0 radical (unpaired) electrons. The molecule has 0 unspecified atom stereocenters. The number of aromatic nitrogens is 1. The Morgan fingerprint density at radius 3 is 2.50 bits per heavy atom. The summed E-state index contributed by atoms with van der Waals surface area (Å²) >= 11 is 14.9. The van der Waals surface area contributed by atoms with Crippen LogP contribution in [0.3, 0.4) is 0 Å². The lowest BCUT2D eigenvalue weighted by Crippen LogP contribution is -2.33. The number of hydrogen-bond acceptors (Lipinski definition) is 5. The van der Waals surface area contributed by atoms with Crippen molar-refractivity contribution in [1.29, 1.82) is 0 Å². The monoisotopic (exact) mass is 449 g/mol. The molecule has 0 saturated carbocycles. The van der Waals surface area contributed by atoms with Crippen molar-refractivity contribution in [2.75, 3.05) is 32.1 Å². The first-order valence-corrected chi connectivity index (χ1v) is 10.1. The van der Waals surface area contributed by atoms with Gasteiger partial charge in [0, 0.05) is 6.54 Å². The number of anilines is 1. The minimum absolute atomic E-state index is 0. The van der Waals surface area contributed by atoms with Crippen molar-refractivity contribution >= 4 is 79.5 Å². The van der Waals surface area contributed by atoms with E-state index in [2.05, 4.69) is 9.88 Å². The summed E-state index contributed by atoms with van der Waals surface area (Å²) in [6.45, 7) is 1.45. The molecule has 0 aliphatic rings. The molecule has 0 atom stereocenters. The minimum Gasteiger partial charge on any atom is -0.309 e. The lowest BCUT2D eigenvalue weighted by Gasteiger charge is -2.20. The molecule has 3 rings (SSSR count). The molecule has 9 heteroatoms. The highest BCUT2D eigenvalue weighted by atomic mass is 35.5.